The minimum atomic E-state index is -1.91. The summed E-state index contributed by atoms with van der Waals surface area (Å²) >= 11 is 0. The molecule has 7 heteroatoms. The summed E-state index contributed by atoms with van der Waals surface area (Å²) in [6, 6.07) is 83.6. The number of nitrogens with one attached hydrogen (secondary N) is 2. The van der Waals surface area contributed by atoms with Crippen LogP contribution >= 0.6 is 7.26 Å². The molecule has 65 heavy (non-hydrogen) atoms. The molecule has 0 aliphatic rings. The number of rotatable bonds is 8. The van der Waals surface area contributed by atoms with Crippen molar-refractivity contribution in [3.05, 3.63) is 266 Å². The Kier molecular flexibility index (Phi) is 13.8. The molecule has 0 unspecified atom stereocenters. The third-order valence-corrected chi connectivity index (χ3v) is 15.2. The summed E-state index contributed by atoms with van der Waals surface area (Å²) in [5.41, 5.74) is 1.83. The predicted molar refractivity (Wildman–Crippen MR) is 269 cm³/mol. The summed E-state index contributed by atoms with van der Waals surface area (Å²) in [7, 11) is -1.91. The zero-order valence-electron chi connectivity index (χ0n) is 35.4. The van der Waals surface area contributed by atoms with Crippen molar-refractivity contribution in [1.82, 2.24) is 0 Å². The second-order valence-corrected chi connectivity index (χ2v) is 18.4. The van der Waals surface area contributed by atoms with E-state index in [0.29, 0.717) is 5.69 Å². The number of anilines is 2. The van der Waals surface area contributed by atoms with Gasteiger partial charge in [-0.05, 0) is 95.0 Å². The Hall–Kier alpha value is -8.31. The molecular weight excluding hydrogens is 820 g/mol. The number of fused-ring (bicyclic) bond motifs is 2. The molecule has 6 nitrogen and oxygen atoms in total. The van der Waals surface area contributed by atoms with Crippen molar-refractivity contribution >= 4 is 73.2 Å². The van der Waals surface area contributed by atoms with Crippen molar-refractivity contribution in [1.29, 1.82) is 0 Å². The van der Waals surface area contributed by atoms with Crippen LogP contribution in [0.4, 0.5) is 11.4 Å². The summed E-state index contributed by atoms with van der Waals surface area (Å²) < 4.78 is 0. The van der Waals surface area contributed by atoms with Gasteiger partial charge in [-0.3, -0.25) is 9.59 Å². The van der Waals surface area contributed by atoms with Crippen LogP contribution < -0.4 is 37.0 Å². The Labute approximate surface area is 379 Å². The molecule has 0 aliphatic carbocycles. The van der Waals surface area contributed by atoms with Crippen molar-refractivity contribution < 1.29 is 19.8 Å². The third-order valence-electron chi connectivity index (χ3n) is 10.9. The molecule has 316 valence electrons. The molecule has 0 aliphatic heterocycles. The number of phenolic OH excluding ortho intramolecular Hbond substituents is 1. The Morgan fingerprint density at radius 2 is 0.785 bits per heavy atom. The number of para-hydroxylation sites is 2. The van der Waals surface area contributed by atoms with Gasteiger partial charge in [-0.25, -0.2) is 0 Å². The summed E-state index contributed by atoms with van der Waals surface area (Å²) in [4.78, 5) is 24.4. The maximum Gasteiger partial charge on any atom is 0.259 e. The van der Waals surface area contributed by atoms with E-state index in [1.807, 2.05) is 84.9 Å². The summed E-state index contributed by atoms with van der Waals surface area (Å²) in [6.07, 6.45) is 0. The van der Waals surface area contributed by atoms with Gasteiger partial charge in [-0.1, -0.05) is 182 Å². The molecule has 0 spiro atoms. The fourth-order valence-electron chi connectivity index (χ4n) is 7.81. The number of carbonyl (C=O) groups excluding carboxylic acids is 2. The first-order valence-corrected chi connectivity index (χ1v) is 23.0. The van der Waals surface area contributed by atoms with E-state index < -0.39 is 7.26 Å². The van der Waals surface area contributed by atoms with Gasteiger partial charge in [0.25, 0.3) is 11.8 Å². The van der Waals surface area contributed by atoms with E-state index in [1.54, 1.807) is 36.4 Å². The Morgan fingerprint density at radius 3 is 1.31 bits per heavy atom. The zero-order chi connectivity index (χ0) is 44.9. The molecule has 0 heterocycles. The van der Waals surface area contributed by atoms with Crippen LogP contribution in [0.25, 0.3) is 21.5 Å². The molecule has 0 aromatic heterocycles. The lowest BCUT2D eigenvalue weighted by Gasteiger charge is -2.27. The van der Waals surface area contributed by atoms with Crippen LogP contribution in [0.15, 0.2) is 255 Å². The van der Waals surface area contributed by atoms with Crippen LogP contribution in [0.1, 0.15) is 20.7 Å². The molecule has 0 fully saturated rings. The van der Waals surface area contributed by atoms with Crippen molar-refractivity contribution in [2.75, 3.05) is 10.6 Å². The van der Waals surface area contributed by atoms with Crippen LogP contribution in [-0.4, -0.2) is 16.9 Å². The van der Waals surface area contributed by atoms with Gasteiger partial charge in [0.15, 0.2) is 0 Å². The third kappa shape index (κ3) is 10.0. The quantitative estimate of drug-likeness (QED) is 0.132. The molecule has 0 saturated carbocycles. The highest BCUT2D eigenvalue weighted by atomic mass is 31.2. The van der Waals surface area contributed by atoms with Gasteiger partial charge in [0.2, 0.25) is 0 Å². The number of aromatic hydroxyl groups is 1. The average Bonchev–Trinajstić information content (AvgIpc) is 3.36. The van der Waals surface area contributed by atoms with Gasteiger partial charge in [0, 0.05) is 22.3 Å². The minimum Gasteiger partial charge on any atom is -0.872 e. The first-order chi connectivity index (χ1) is 31.9. The van der Waals surface area contributed by atoms with Crippen LogP contribution in [0.3, 0.4) is 0 Å². The molecule has 10 rings (SSSR count). The van der Waals surface area contributed by atoms with Crippen molar-refractivity contribution in [2.45, 2.75) is 0 Å². The maximum atomic E-state index is 12.7. The lowest BCUT2D eigenvalue weighted by atomic mass is 10.0. The van der Waals surface area contributed by atoms with E-state index in [-0.39, 0.29) is 34.4 Å². The minimum absolute atomic E-state index is 0.0218. The van der Waals surface area contributed by atoms with Gasteiger partial charge < -0.3 is 20.8 Å². The fraction of sp³-hybridized carbons (Fsp3) is 0. The SMILES string of the molecule is O=C(Nc1cccc2ccccc12)c1cc2ccccc2cc1O.O=C(Nc1ccccc1)c1ccccc1[O-].c1ccc([P+](c2ccccc2)(c2ccccc2)c2ccccc2)cc1. The summed E-state index contributed by atoms with van der Waals surface area (Å²) in [6.45, 7) is 0. The second kappa shape index (κ2) is 20.7. The lowest BCUT2D eigenvalue weighted by Crippen LogP contribution is -2.38. The molecule has 0 bridgehead atoms. The fourth-order valence-corrected chi connectivity index (χ4v) is 12.1. The molecule has 10 aromatic carbocycles. The molecule has 0 radical (unpaired) electrons. The number of phenols is 1. The van der Waals surface area contributed by atoms with Crippen molar-refractivity contribution in [3.63, 3.8) is 0 Å². The van der Waals surface area contributed by atoms with Crippen LogP contribution in [0, 0.1) is 0 Å². The molecular formula is C58H45N2O4P. The summed E-state index contributed by atoms with van der Waals surface area (Å²) in [5.74, 6) is -0.992. The van der Waals surface area contributed by atoms with Gasteiger partial charge in [0.05, 0.1) is 5.56 Å². The Balaban J connectivity index is 0.000000136. The largest absolute Gasteiger partial charge is 0.872 e. The molecule has 0 atom stereocenters. The number of hydrogen-bond donors (Lipinski definition) is 3. The normalized spacial score (nSPS) is 10.7. The Morgan fingerprint density at radius 1 is 0.385 bits per heavy atom. The van der Waals surface area contributed by atoms with Crippen molar-refractivity contribution in [3.8, 4) is 11.5 Å². The number of carbonyl (C=O) groups is 2. The maximum absolute atomic E-state index is 12.7. The second-order valence-electron chi connectivity index (χ2n) is 15.0. The standard InChI is InChI=1S/C24H20P.C21H15NO2.C13H11NO2/c1-5-13-21(14-6-1)25(22-15-7-2-8-16-22,23-17-9-3-10-18-23)24-19-11-4-12-20-24;23-20-13-16-8-2-1-7-15(16)12-18(20)21(24)22-19-11-5-9-14-6-3-4-10-17(14)19;15-12-9-5-4-8-11(12)13(16)14-10-6-2-1-3-7-10/h1-20H;1-13,23H,(H,22,24);1-9,15H,(H,14,16)/q+1;;/p-1. The number of benzene rings is 10. The van der Waals surface area contributed by atoms with Crippen LogP contribution in [-0.2, 0) is 0 Å². The van der Waals surface area contributed by atoms with Gasteiger partial charge >= 0.3 is 0 Å². The number of amides is 2. The van der Waals surface area contributed by atoms with Gasteiger partial charge in [-0.15, -0.1) is 0 Å². The van der Waals surface area contributed by atoms with Crippen LogP contribution in [0.5, 0.6) is 11.5 Å². The highest BCUT2D eigenvalue weighted by Gasteiger charge is 2.47. The molecule has 10 aromatic rings. The van der Waals surface area contributed by atoms with E-state index in [0.717, 1.165) is 27.2 Å². The average molecular weight is 865 g/mol. The van der Waals surface area contributed by atoms with Gasteiger partial charge in [0.1, 0.15) is 34.2 Å². The lowest BCUT2D eigenvalue weighted by molar-refractivity contribution is -0.268. The van der Waals surface area contributed by atoms with Crippen LogP contribution in [0.2, 0.25) is 0 Å². The molecule has 3 N–H and O–H groups in total. The van der Waals surface area contributed by atoms with E-state index >= 15 is 0 Å². The Bertz CT molecular complexity index is 2980. The highest BCUT2D eigenvalue weighted by molar-refractivity contribution is 8.01. The zero-order valence-corrected chi connectivity index (χ0v) is 36.3. The monoisotopic (exact) mass is 864 g/mol. The topological polar surface area (TPSA) is 101 Å². The highest BCUT2D eigenvalue weighted by Crippen LogP contribution is 2.54. The molecule has 2 amide bonds. The van der Waals surface area contributed by atoms with E-state index in [4.69, 9.17) is 0 Å². The van der Waals surface area contributed by atoms with Gasteiger partial charge in [-0.2, -0.15) is 0 Å². The first-order valence-electron chi connectivity index (χ1n) is 21.2. The number of hydrogen-bond acceptors (Lipinski definition) is 4. The van der Waals surface area contributed by atoms with E-state index in [9.17, 15) is 19.8 Å². The van der Waals surface area contributed by atoms with E-state index in [2.05, 4.69) is 132 Å². The van der Waals surface area contributed by atoms with Crippen molar-refractivity contribution in [2.24, 2.45) is 0 Å². The van der Waals surface area contributed by atoms with E-state index in [1.165, 1.54) is 33.4 Å². The predicted octanol–water partition coefficient (Wildman–Crippen LogP) is 11.3. The smallest absolute Gasteiger partial charge is 0.259 e. The molecule has 0 saturated heterocycles. The summed E-state index contributed by atoms with van der Waals surface area (Å²) in [5, 5.41) is 36.6. The first kappa shape index (κ1) is 43.3.